The van der Waals surface area contributed by atoms with Gasteiger partial charge in [0.2, 0.25) is 0 Å². The summed E-state index contributed by atoms with van der Waals surface area (Å²) < 4.78 is 75.7. The number of pyridine rings is 1. The van der Waals surface area contributed by atoms with E-state index in [2.05, 4.69) is 15.0 Å². The molecule has 188 valence electrons. The molecule has 5 rings (SSSR count). The third-order valence-electron chi connectivity index (χ3n) is 6.30. The van der Waals surface area contributed by atoms with Gasteiger partial charge in [0.15, 0.2) is 17.4 Å². The van der Waals surface area contributed by atoms with E-state index in [1.165, 1.54) is 10.9 Å². The molecule has 36 heavy (non-hydrogen) atoms. The fourth-order valence-electron chi connectivity index (χ4n) is 4.51. The van der Waals surface area contributed by atoms with Gasteiger partial charge < -0.3 is 14.7 Å². The zero-order valence-corrected chi connectivity index (χ0v) is 19.1. The molecule has 2 aromatic carbocycles. The van der Waals surface area contributed by atoms with Crippen LogP contribution in [0.4, 0.5) is 27.8 Å². The van der Waals surface area contributed by atoms with Gasteiger partial charge in [-0.15, -0.1) is 0 Å². The molecule has 4 aromatic rings. The molecule has 1 aliphatic heterocycles. The average Bonchev–Trinajstić information content (AvgIpc) is 3.18. The van der Waals surface area contributed by atoms with Crippen molar-refractivity contribution >= 4 is 16.7 Å². The maximum Gasteiger partial charge on any atom is 0.419 e. The zero-order valence-electron chi connectivity index (χ0n) is 19.1. The Morgan fingerprint density at radius 1 is 1.11 bits per heavy atom. The summed E-state index contributed by atoms with van der Waals surface area (Å²) in [5, 5.41) is 14.2. The first-order valence-corrected chi connectivity index (χ1v) is 11.1. The van der Waals surface area contributed by atoms with Crippen LogP contribution < -0.4 is 4.90 Å². The van der Waals surface area contributed by atoms with Crippen LogP contribution in [-0.2, 0) is 24.4 Å². The molecular formula is C25H21F5N4O2. The minimum Gasteiger partial charge on any atom is -0.503 e. The summed E-state index contributed by atoms with van der Waals surface area (Å²) >= 11 is 0. The predicted octanol–water partition coefficient (Wildman–Crippen LogP) is 5.09. The number of nitrogens with zero attached hydrogens (tertiary/aromatic N) is 4. The van der Waals surface area contributed by atoms with Crippen LogP contribution in [0.2, 0.25) is 0 Å². The van der Waals surface area contributed by atoms with Gasteiger partial charge in [-0.25, -0.2) is 13.8 Å². The number of hydrogen-bond acceptors (Lipinski definition) is 5. The summed E-state index contributed by atoms with van der Waals surface area (Å²) in [6.07, 6.45) is -3.02. The van der Waals surface area contributed by atoms with Gasteiger partial charge >= 0.3 is 6.18 Å². The molecule has 3 heterocycles. The quantitative estimate of drug-likeness (QED) is 0.393. The number of phenols is 1. The topological polar surface area (TPSA) is 63.4 Å². The van der Waals surface area contributed by atoms with E-state index in [1.807, 2.05) is 30.3 Å². The minimum absolute atomic E-state index is 0.000341. The lowest BCUT2D eigenvalue weighted by Crippen LogP contribution is -2.47. The first-order valence-electron chi connectivity index (χ1n) is 11.1. The van der Waals surface area contributed by atoms with E-state index in [9.17, 15) is 27.1 Å². The Morgan fingerprint density at radius 2 is 1.86 bits per heavy atom. The Hall–Kier alpha value is -3.73. The Bertz CT molecular complexity index is 1420. The fourth-order valence-corrected chi connectivity index (χ4v) is 4.51. The Labute approximate surface area is 202 Å². The van der Waals surface area contributed by atoms with Crippen LogP contribution in [-0.4, -0.2) is 45.7 Å². The van der Waals surface area contributed by atoms with E-state index >= 15 is 0 Å². The number of fused-ring (bicyclic) bond motifs is 1. The van der Waals surface area contributed by atoms with Crippen molar-refractivity contribution in [1.29, 1.82) is 0 Å². The van der Waals surface area contributed by atoms with Crippen molar-refractivity contribution in [3.63, 3.8) is 0 Å². The minimum atomic E-state index is -5.13. The second-order valence-electron chi connectivity index (χ2n) is 8.59. The van der Waals surface area contributed by atoms with E-state index in [0.717, 1.165) is 12.0 Å². The number of aromatic hydroxyl groups is 1. The number of aryl methyl sites for hydroxylation is 1. The van der Waals surface area contributed by atoms with Gasteiger partial charge in [0.25, 0.3) is 0 Å². The second kappa shape index (κ2) is 9.05. The van der Waals surface area contributed by atoms with Crippen LogP contribution in [0, 0.1) is 11.6 Å². The first kappa shape index (κ1) is 24.0. The summed E-state index contributed by atoms with van der Waals surface area (Å²) in [4.78, 5) is 6.59. The SMILES string of the molecule is Cn1nc(-c2cc(C(F)(F)F)c(F)c(O)c2F)c2cnc(N3CCOCC3Cc3ccccc3)cc21. The lowest BCUT2D eigenvalue weighted by Gasteiger charge is -2.36. The van der Waals surface area contributed by atoms with Gasteiger partial charge in [0, 0.05) is 36.8 Å². The van der Waals surface area contributed by atoms with E-state index in [4.69, 9.17) is 4.74 Å². The smallest absolute Gasteiger partial charge is 0.419 e. The number of hydrogen-bond donors (Lipinski definition) is 1. The Morgan fingerprint density at radius 3 is 2.58 bits per heavy atom. The van der Waals surface area contributed by atoms with Crippen LogP contribution in [0.25, 0.3) is 22.2 Å². The first-order chi connectivity index (χ1) is 17.1. The van der Waals surface area contributed by atoms with Crippen molar-refractivity contribution in [3.05, 3.63) is 71.4 Å². The molecule has 0 amide bonds. The van der Waals surface area contributed by atoms with Gasteiger partial charge in [-0.1, -0.05) is 30.3 Å². The molecule has 1 N–H and O–H groups in total. The molecule has 11 heteroatoms. The molecule has 0 spiro atoms. The third-order valence-corrected chi connectivity index (χ3v) is 6.30. The molecule has 6 nitrogen and oxygen atoms in total. The number of alkyl halides is 3. The maximum atomic E-state index is 14.7. The van der Waals surface area contributed by atoms with Gasteiger partial charge in [-0.3, -0.25) is 4.68 Å². The Kier molecular flexibility index (Phi) is 6.03. The fraction of sp³-hybridized carbons (Fsp3) is 0.280. The van der Waals surface area contributed by atoms with Crippen molar-refractivity contribution in [2.75, 3.05) is 24.7 Å². The molecule has 0 aliphatic carbocycles. The van der Waals surface area contributed by atoms with Crippen LogP contribution in [0.5, 0.6) is 5.75 Å². The molecule has 1 aliphatic rings. The molecule has 0 bridgehead atoms. The van der Waals surface area contributed by atoms with E-state index in [-0.39, 0.29) is 17.1 Å². The highest BCUT2D eigenvalue weighted by molar-refractivity contribution is 5.94. The zero-order chi connectivity index (χ0) is 25.6. The number of rotatable bonds is 4. The van der Waals surface area contributed by atoms with Crippen LogP contribution in [0.15, 0.2) is 48.7 Å². The molecule has 1 saturated heterocycles. The Balaban J connectivity index is 1.56. The summed E-state index contributed by atoms with van der Waals surface area (Å²) in [6, 6.07) is 12.0. The monoisotopic (exact) mass is 504 g/mol. The number of halogens is 5. The van der Waals surface area contributed by atoms with Gasteiger partial charge in [0.1, 0.15) is 11.5 Å². The van der Waals surface area contributed by atoms with Crippen molar-refractivity contribution in [3.8, 4) is 17.0 Å². The number of anilines is 1. The van der Waals surface area contributed by atoms with Gasteiger partial charge in [-0.2, -0.15) is 18.3 Å². The van der Waals surface area contributed by atoms with Crippen molar-refractivity contribution in [2.24, 2.45) is 7.05 Å². The highest BCUT2D eigenvalue weighted by Gasteiger charge is 2.38. The molecule has 1 atom stereocenters. The lowest BCUT2D eigenvalue weighted by atomic mass is 10.0. The molecule has 1 fully saturated rings. The molecule has 0 radical (unpaired) electrons. The van der Waals surface area contributed by atoms with Gasteiger partial charge in [0.05, 0.1) is 30.3 Å². The summed E-state index contributed by atoms with van der Waals surface area (Å²) in [6.45, 7) is 1.57. The summed E-state index contributed by atoms with van der Waals surface area (Å²) in [7, 11) is 1.56. The van der Waals surface area contributed by atoms with Crippen LogP contribution >= 0.6 is 0 Å². The van der Waals surface area contributed by atoms with Crippen molar-refractivity contribution in [2.45, 2.75) is 18.6 Å². The number of benzene rings is 2. The normalized spacial score (nSPS) is 16.6. The standard InChI is InChI=1S/C25H21F5N4O2/c1-33-19-11-20(34-7-8-36-13-15(34)9-14-5-3-2-4-6-14)31-12-17(19)23(32-33)16-10-18(25(28,29)30)22(27)24(35)21(16)26/h2-6,10-12,15,35H,7-9,13H2,1H3. The highest BCUT2D eigenvalue weighted by atomic mass is 19.4. The van der Waals surface area contributed by atoms with E-state index in [0.29, 0.717) is 37.2 Å². The number of morpholine rings is 1. The number of aromatic nitrogens is 3. The molecule has 2 aromatic heterocycles. The predicted molar refractivity (Wildman–Crippen MR) is 123 cm³/mol. The van der Waals surface area contributed by atoms with Crippen molar-refractivity contribution < 1.29 is 31.8 Å². The maximum absolute atomic E-state index is 14.7. The van der Waals surface area contributed by atoms with E-state index in [1.54, 1.807) is 13.1 Å². The van der Waals surface area contributed by atoms with E-state index < -0.39 is 34.7 Å². The lowest BCUT2D eigenvalue weighted by molar-refractivity contribution is -0.140. The molecule has 0 saturated carbocycles. The third kappa shape index (κ3) is 4.23. The largest absolute Gasteiger partial charge is 0.503 e. The number of phenolic OH excluding ortho intramolecular Hbond substituents is 1. The molecular weight excluding hydrogens is 483 g/mol. The average molecular weight is 504 g/mol. The van der Waals surface area contributed by atoms with Crippen molar-refractivity contribution in [1.82, 2.24) is 14.8 Å². The second-order valence-corrected chi connectivity index (χ2v) is 8.59. The summed E-state index contributed by atoms with van der Waals surface area (Å²) in [5.74, 6) is -4.69. The van der Waals surface area contributed by atoms with Gasteiger partial charge in [-0.05, 0) is 18.1 Å². The van der Waals surface area contributed by atoms with Crippen LogP contribution in [0.1, 0.15) is 11.1 Å². The van der Waals surface area contributed by atoms with Crippen LogP contribution in [0.3, 0.4) is 0 Å². The summed E-state index contributed by atoms with van der Waals surface area (Å²) in [5.41, 5.74) is -1.02. The highest BCUT2D eigenvalue weighted by Crippen LogP contribution is 2.41. The molecule has 1 unspecified atom stereocenters. The number of ether oxygens (including phenoxy) is 1.